The lowest BCUT2D eigenvalue weighted by Crippen LogP contribution is -2.54. The number of carbonyl (C=O) groups is 3. The summed E-state index contributed by atoms with van der Waals surface area (Å²) in [5.41, 5.74) is 1.27. The Morgan fingerprint density at radius 3 is 2.61 bits per heavy atom. The van der Waals surface area contributed by atoms with Crippen LogP contribution in [0.3, 0.4) is 0 Å². The second kappa shape index (κ2) is 6.31. The van der Waals surface area contributed by atoms with Gasteiger partial charge in [-0.2, -0.15) is 0 Å². The predicted molar refractivity (Wildman–Crippen MR) is 117 cm³/mol. The number of hydrogen-bond acceptors (Lipinski definition) is 4. The molecular weight excluding hydrogens is 437 g/mol. The highest BCUT2D eigenvalue weighted by molar-refractivity contribution is 6.37. The van der Waals surface area contributed by atoms with Crippen molar-refractivity contribution in [3.8, 4) is 0 Å². The van der Waals surface area contributed by atoms with Crippen LogP contribution in [0.1, 0.15) is 24.0 Å². The maximum Gasteiger partial charge on any atom is 0.250 e. The van der Waals surface area contributed by atoms with Gasteiger partial charge in [-0.25, -0.2) is 4.90 Å². The van der Waals surface area contributed by atoms with Crippen molar-refractivity contribution >= 4 is 52.3 Å². The molecule has 3 amide bonds. The molecule has 6 nitrogen and oxygen atoms in total. The second-order valence-corrected chi connectivity index (χ2v) is 9.57. The van der Waals surface area contributed by atoms with E-state index in [9.17, 15) is 14.4 Å². The van der Waals surface area contributed by atoms with Gasteiger partial charge in [-0.1, -0.05) is 41.4 Å². The molecule has 0 unspecified atom stereocenters. The fourth-order valence-electron chi connectivity index (χ4n) is 6.27. The number of anilines is 2. The SMILES string of the molecule is Cc1cc(Cl)c2c(c1)[C@]1(C(=O)N2)[C@@H]2C(=O)N(c3ccccc3Cl)C(=O)[C@@H]2[C@@H]2CCCN21. The van der Waals surface area contributed by atoms with E-state index >= 15 is 0 Å². The van der Waals surface area contributed by atoms with Crippen LogP contribution in [-0.2, 0) is 19.9 Å². The largest absolute Gasteiger partial charge is 0.323 e. The van der Waals surface area contributed by atoms with Crippen molar-refractivity contribution < 1.29 is 14.4 Å². The molecule has 2 aromatic carbocycles. The number of nitrogens with one attached hydrogen (secondary N) is 1. The minimum absolute atomic E-state index is 0.176. The highest BCUT2D eigenvalue weighted by atomic mass is 35.5. The molecule has 2 aromatic rings. The first kappa shape index (κ1) is 19.3. The van der Waals surface area contributed by atoms with Crippen molar-refractivity contribution in [2.24, 2.45) is 11.8 Å². The average molecular weight is 456 g/mol. The van der Waals surface area contributed by atoms with Gasteiger partial charge in [-0.3, -0.25) is 19.3 Å². The molecule has 0 saturated carbocycles. The molecule has 0 aliphatic carbocycles. The number of halogens is 2. The van der Waals surface area contributed by atoms with Crippen LogP contribution in [0.25, 0.3) is 0 Å². The van der Waals surface area contributed by atoms with E-state index in [0.717, 1.165) is 18.4 Å². The van der Waals surface area contributed by atoms with E-state index in [1.807, 2.05) is 13.0 Å². The maximum atomic E-state index is 13.9. The number of hydrogen-bond donors (Lipinski definition) is 1. The van der Waals surface area contributed by atoms with E-state index in [4.69, 9.17) is 23.2 Å². The molecule has 4 heterocycles. The van der Waals surface area contributed by atoms with Crippen LogP contribution in [0.5, 0.6) is 0 Å². The number of para-hydroxylation sites is 1. The summed E-state index contributed by atoms with van der Waals surface area (Å²) in [6, 6.07) is 10.4. The van der Waals surface area contributed by atoms with Crippen LogP contribution in [0.2, 0.25) is 10.0 Å². The quantitative estimate of drug-likeness (QED) is 0.665. The summed E-state index contributed by atoms with van der Waals surface area (Å²) in [6.45, 7) is 2.57. The van der Waals surface area contributed by atoms with Crippen molar-refractivity contribution in [3.05, 3.63) is 57.6 Å². The van der Waals surface area contributed by atoms with Gasteiger partial charge in [-0.15, -0.1) is 0 Å². The van der Waals surface area contributed by atoms with E-state index in [1.54, 1.807) is 30.3 Å². The molecule has 6 rings (SSSR count). The maximum absolute atomic E-state index is 13.9. The predicted octanol–water partition coefficient (Wildman–Crippen LogP) is 3.73. The Bertz CT molecular complexity index is 1200. The van der Waals surface area contributed by atoms with E-state index in [0.29, 0.717) is 33.5 Å². The van der Waals surface area contributed by atoms with Crippen LogP contribution in [0.4, 0.5) is 11.4 Å². The van der Waals surface area contributed by atoms with E-state index in [1.165, 1.54) is 4.90 Å². The number of amides is 3. The molecule has 1 N–H and O–H groups in total. The zero-order valence-corrected chi connectivity index (χ0v) is 18.2. The van der Waals surface area contributed by atoms with Crippen molar-refractivity contribution in [1.29, 1.82) is 0 Å². The Labute approximate surface area is 189 Å². The summed E-state index contributed by atoms with van der Waals surface area (Å²) >= 11 is 12.8. The normalized spacial score (nSPS) is 31.4. The van der Waals surface area contributed by atoms with Crippen molar-refractivity contribution in [2.45, 2.75) is 31.3 Å². The monoisotopic (exact) mass is 455 g/mol. The smallest absolute Gasteiger partial charge is 0.250 e. The van der Waals surface area contributed by atoms with Crippen LogP contribution in [-0.4, -0.2) is 35.2 Å². The molecule has 0 aromatic heterocycles. The molecule has 4 atom stereocenters. The van der Waals surface area contributed by atoms with Crippen molar-refractivity contribution in [3.63, 3.8) is 0 Å². The zero-order valence-electron chi connectivity index (χ0n) is 16.7. The summed E-state index contributed by atoms with van der Waals surface area (Å²) in [5.74, 6) is -2.35. The Kier molecular flexibility index (Phi) is 3.93. The summed E-state index contributed by atoms with van der Waals surface area (Å²) in [6.07, 6.45) is 1.63. The van der Waals surface area contributed by atoms with Crippen LogP contribution in [0.15, 0.2) is 36.4 Å². The highest BCUT2D eigenvalue weighted by Crippen LogP contribution is 2.61. The summed E-state index contributed by atoms with van der Waals surface area (Å²) in [7, 11) is 0. The van der Waals surface area contributed by atoms with Crippen molar-refractivity contribution in [2.75, 3.05) is 16.8 Å². The number of nitrogens with zero attached hydrogens (tertiary/aromatic N) is 2. The van der Waals surface area contributed by atoms with Crippen LogP contribution >= 0.6 is 23.2 Å². The van der Waals surface area contributed by atoms with Crippen molar-refractivity contribution in [1.82, 2.24) is 4.90 Å². The van der Waals surface area contributed by atoms with Gasteiger partial charge in [-0.05, 0) is 50.1 Å². The summed E-state index contributed by atoms with van der Waals surface area (Å²) in [5, 5.41) is 3.71. The first-order chi connectivity index (χ1) is 14.9. The number of fused-ring (bicyclic) bond motifs is 7. The van der Waals surface area contributed by atoms with E-state index < -0.39 is 17.4 Å². The molecule has 31 heavy (non-hydrogen) atoms. The molecule has 3 fully saturated rings. The van der Waals surface area contributed by atoms with Gasteiger partial charge >= 0.3 is 0 Å². The van der Waals surface area contributed by atoms with E-state index in [-0.39, 0.29) is 23.8 Å². The standard InChI is InChI=1S/C23H19Cl2N3O3/c1-11-9-12-19(14(25)10-11)26-22(31)23(12)18-17(16-7-4-8-27(16)23)20(29)28(21(18)30)15-6-3-2-5-13(15)24/h2-3,5-6,9-10,16-18H,4,7-8H2,1H3,(H,26,31)/t16-,17+,18-,23+/m0/s1. The Balaban J connectivity index is 1.60. The van der Waals surface area contributed by atoms with Gasteiger partial charge in [0, 0.05) is 11.6 Å². The Morgan fingerprint density at radius 2 is 1.84 bits per heavy atom. The number of imide groups is 1. The minimum atomic E-state index is -1.24. The molecule has 3 saturated heterocycles. The first-order valence-electron chi connectivity index (χ1n) is 10.4. The van der Waals surface area contributed by atoms with Gasteiger partial charge < -0.3 is 5.32 Å². The van der Waals surface area contributed by atoms with Gasteiger partial charge in [0.1, 0.15) is 5.54 Å². The van der Waals surface area contributed by atoms with E-state index in [2.05, 4.69) is 10.2 Å². The minimum Gasteiger partial charge on any atom is -0.323 e. The third-order valence-electron chi connectivity index (χ3n) is 7.29. The second-order valence-electron chi connectivity index (χ2n) is 8.76. The topological polar surface area (TPSA) is 69.7 Å². The fraction of sp³-hybridized carbons (Fsp3) is 0.348. The Morgan fingerprint density at radius 1 is 1.06 bits per heavy atom. The molecule has 4 aliphatic heterocycles. The zero-order chi connectivity index (χ0) is 21.7. The number of benzene rings is 2. The van der Waals surface area contributed by atoms with Crippen LogP contribution < -0.4 is 10.2 Å². The third-order valence-corrected chi connectivity index (χ3v) is 7.91. The lowest BCUT2D eigenvalue weighted by atomic mass is 9.75. The molecule has 158 valence electrons. The van der Waals surface area contributed by atoms with Gasteiger partial charge in [0.25, 0.3) is 5.91 Å². The number of aryl methyl sites for hydroxylation is 1. The molecule has 4 aliphatic rings. The van der Waals surface area contributed by atoms with Gasteiger partial charge in [0.15, 0.2) is 0 Å². The van der Waals surface area contributed by atoms with Crippen LogP contribution in [0, 0.1) is 18.8 Å². The molecule has 0 bridgehead atoms. The average Bonchev–Trinajstić information content (AvgIpc) is 3.42. The summed E-state index contributed by atoms with van der Waals surface area (Å²) < 4.78 is 0. The molecule has 0 radical (unpaired) electrons. The van der Waals surface area contributed by atoms with Gasteiger partial charge in [0.2, 0.25) is 11.8 Å². The first-order valence-corrected chi connectivity index (χ1v) is 11.1. The fourth-order valence-corrected chi connectivity index (χ4v) is 6.81. The number of carbonyl (C=O) groups excluding carboxylic acids is 3. The Hall–Kier alpha value is -2.41. The lowest BCUT2D eigenvalue weighted by molar-refractivity contribution is -0.135. The highest BCUT2D eigenvalue weighted by Gasteiger charge is 2.74. The summed E-state index contributed by atoms with van der Waals surface area (Å²) in [4.78, 5) is 44.4. The van der Waals surface area contributed by atoms with Gasteiger partial charge in [0.05, 0.1) is 33.3 Å². The molecule has 8 heteroatoms. The number of rotatable bonds is 1. The lowest BCUT2D eigenvalue weighted by Gasteiger charge is -2.36. The third kappa shape index (κ3) is 2.20. The molecular formula is C23H19Cl2N3O3. The molecule has 1 spiro atoms.